The highest BCUT2D eigenvalue weighted by Crippen LogP contribution is 2.43. The van der Waals surface area contributed by atoms with Gasteiger partial charge in [0.1, 0.15) is 0 Å². The number of hydrogen-bond donors (Lipinski definition) is 1. The van der Waals surface area contributed by atoms with Crippen LogP contribution in [0.2, 0.25) is 0 Å². The van der Waals surface area contributed by atoms with Gasteiger partial charge >= 0.3 is 0 Å². The Bertz CT molecular complexity index is 762. The number of amides is 1. The minimum Gasteiger partial charge on any atom is -0.340 e. The molecule has 0 fully saturated rings. The number of carbonyl (C=O) groups excluding carboxylic acids is 1. The van der Waals surface area contributed by atoms with Crippen LogP contribution in [-0.2, 0) is 0 Å². The molecule has 21 heavy (non-hydrogen) atoms. The molecule has 0 spiro atoms. The molecule has 0 saturated heterocycles. The summed E-state index contributed by atoms with van der Waals surface area (Å²) < 4.78 is 0. The molecule has 1 N–H and O–H groups in total. The van der Waals surface area contributed by atoms with E-state index in [-0.39, 0.29) is 11.9 Å². The van der Waals surface area contributed by atoms with Gasteiger partial charge in [0.15, 0.2) is 0 Å². The number of fused-ring (bicyclic) bond motifs is 3. The standard InChI is InChI=1S/C18H13NOS/c20-18(16-10-5-11-21-16)19-17-14-8-3-1-6-12(14)13-7-2-4-9-15(13)17/h1-11,17H,(H,19,20). The predicted molar refractivity (Wildman–Crippen MR) is 85.5 cm³/mol. The first kappa shape index (κ1) is 12.4. The predicted octanol–water partition coefficient (Wildman–Crippen LogP) is 4.25. The quantitative estimate of drug-likeness (QED) is 0.751. The fourth-order valence-corrected chi connectivity index (χ4v) is 3.55. The van der Waals surface area contributed by atoms with Gasteiger partial charge < -0.3 is 5.32 Å². The van der Waals surface area contributed by atoms with Crippen molar-refractivity contribution in [3.05, 3.63) is 82.0 Å². The number of rotatable bonds is 2. The molecule has 0 saturated carbocycles. The second-order valence-electron chi connectivity index (χ2n) is 5.06. The molecule has 1 heterocycles. The lowest BCUT2D eigenvalue weighted by Gasteiger charge is -2.15. The first-order valence-electron chi connectivity index (χ1n) is 6.87. The number of benzene rings is 2. The van der Waals surface area contributed by atoms with Crippen LogP contribution >= 0.6 is 11.3 Å². The molecule has 2 nitrogen and oxygen atoms in total. The fourth-order valence-electron chi connectivity index (χ4n) is 2.92. The molecule has 1 aliphatic rings. The Kier molecular flexibility index (Phi) is 2.86. The zero-order valence-electron chi connectivity index (χ0n) is 11.2. The molecule has 1 aliphatic carbocycles. The van der Waals surface area contributed by atoms with Gasteiger partial charge in [-0.3, -0.25) is 4.79 Å². The van der Waals surface area contributed by atoms with Crippen molar-refractivity contribution in [2.75, 3.05) is 0 Å². The highest BCUT2D eigenvalue weighted by Gasteiger charge is 2.29. The summed E-state index contributed by atoms with van der Waals surface area (Å²) in [4.78, 5) is 13.1. The Morgan fingerprint density at radius 2 is 1.48 bits per heavy atom. The van der Waals surface area contributed by atoms with Crippen LogP contribution < -0.4 is 5.32 Å². The third-order valence-electron chi connectivity index (χ3n) is 3.85. The van der Waals surface area contributed by atoms with Crippen molar-refractivity contribution in [1.29, 1.82) is 0 Å². The van der Waals surface area contributed by atoms with Crippen LogP contribution in [0, 0.1) is 0 Å². The van der Waals surface area contributed by atoms with Crippen molar-refractivity contribution in [1.82, 2.24) is 5.32 Å². The molecule has 3 aromatic rings. The summed E-state index contributed by atoms with van der Waals surface area (Å²) >= 11 is 1.46. The van der Waals surface area contributed by atoms with Gasteiger partial charge in [-0.05, 0) is 33.7 Å². The van der Waals surface area contributed by atoms with E-state index in [4.69, 9.17) is 0 Å². The van der Waals surface area contributed by atoms with Crippen LogP contribution in [0.5, 0.6) is 0 Å². The van der Waals surface area contributed by atoms with Crippen molar-refractivity contribution >= 4 is 17.2 Å². The Morgan fingerprint density at radius 3 is 2.05 bits per heavy atom. The van der Waals surface area contributed by atoms with Crippen LogP contribution in [0.3, 0.4) is 0 Å². The first-order valence-corrected chi connectivity index (χ1v) is 7.75. The third kappa shape index (κ3) is 1.98. The summed E-state index contributed by atoms with van der Waals surface area (Å²) in [7, 11) is 0. The number of nitrogens with one attached hydrogen (secondary N) is 1. The summed E-state index contributed by atoms with van der Waals surface area (Å²) in [5.74, 6) is -0.0125. The molecule has 0 aliphatic heterocycles. The van der Waals surface area contributed by atoms with E-state index in [9.17, 15) is 4.79 Å². The zero-order valence-corrected chi connectivity index (χ0v) is 12.1. The zero-order chi connectivity index (χ0) is 14.2. The topological polar surface area (TPSA) is 29.1 Å². The summed E-state index contributed by atoms with van der Waals surface area (Å²) in [6.07, 6.45) is 0. The van der Waals surface area contributed by atoms with Gasteiger partial charge in [0.25, 0.3) is 5.91 Å². The molecule has 1 aromatic heterocycles. The minimum atomic E-state index is -0.0630. The Morgan fingerprint density at radius 1 is 0.857 bits per heavy atom. The average molecular weight is 291 g/mol. The largest absolute Gasteiger partial charge is 0.340 e. The fraction of sp³-hybridized carbons (Fsp3) is 0.0556. The Hall–Kier alpha value is -2.39. The monoisotopic (exact) mass is 291 g/mol. The van der Waals surface area contributed by atoms with E-state index in [0.717, 1.165) is 4.88 Å². The molecular weight excluding hydrogens is 278 g/mol. The van der Waals surface area contributed by atoms with E-state index >= 15 is 0 Å². The van der Waals surface area contributed by atoms with Gasteiger partial charge in [-0.15, -0.1) is 11.3 Å². The molecule has 1 amide bonds. The van der Waals surface area contributed by atoms with Crippen LogP contribution in [0.4, 0.5) is 0 Å². The van der Waals surface area contributed by atoms with Gasteiger partial charge in [0.2, 0.25) is 0 Å². The lowest BCUT2D eigenvalue weighted by molar-refractivity contribution is 0.0948. The number of hydrogen-bond acceptors (Lipinski definition) is 2. The molecule has 3 heteroatoms. The van der Waals surface area contributed by atoms with Gasteiger partial charge in [-0.2, -0.15) is 0 Å². The maximum atomic E-state index is 12.4. The highest BCUT2D eigenvalue weighted by molar-refractivity contribution is 7.12. The molecule has 0 atom stereocenters. The van der Waals surface area contributed by atoms with Crippen molar-refractivity contribution in [3.8, 4) is 11.1 Å². The minimum absolute atomic E-state index is 0.0125. The highest BCUT2D eigenvalue weighted by atomic mass is 32.1. The van der Waals surface area contributed by atoms with Crippen molar-refractivity contribution in [3.63, 3.8) is 0 Å². The summed E-state index contributed by atoms with van der Waals surface area (Å²) in [5.41, 5.74) is 4.77. The first-order chi connectivity index (χ1) is 10.3. The van der Waals surface area contributed by atoms with Crippen molar-refractivity contribution < 1.29 is 4.79 Å². The summed E-state index contributed by atoms with van der Waals surface area (Å²) in [6.45, 7) is 0. The number of carbonyl (C=O) groups is 1. The molecule has 102 valence electrons. The third-order valence-corrected chi connectivity index (χ3v) is 4.72. The van der Waals surface area contributed by atoms with Crippen LogP contribution in [-0.4, -0.2) is 5.91 Å². The van der Waals surface area contributed by atoms with Crippen LogP contribution in [0.1, 0.15) is 26.8 Å². The molecule has 0 unspecified atom stereocenters. The van der Waals surface area contributed by atoms with E-state index in [1.54, 1.807) is 0 Å². The SMILES string of the molecule is O=C(NC1c2ccccc2-c2ccccc21)c1cccs1. The smallest absolute Gasteiger partial charge is 0.262 e. The second-order valence-corrected chi connectivity index (χ2v) is 6.01. The number of thiophene rings is 1. The van der Waals surface area contributed by atoms with Gasteiger partial charge in [0, 0.05) is 0 Å². The van der Waals surface area contributed by atoms with E-state index in [1.807, 2.05) is 41.8 Å². The van der Waals surface area contributed by atoms with Crippen LogP contribution in [0.25, 0.3) is 11.1 Å². The van der Waals surface area contributed by atoms with E-state index < -0.39 is 0 Å². The molecule has 4 rings (SSSR count). The Labute approximate surface area is 127 Å². The molecule has 0 bridgehead atoms. The van der Waals surface area contributed by atoms with Crippen LogP contribution in [0.15, 0.2) is 66.0 Å². The summed E-state index contributed by atoms with van der Waals surface area (Å²) in [5, 5.41) is 5.09. The van der Waals surface area contributed by atoms with E-state index in [0.29, 0.717) is 0 Å². The maximum absolute atomic E-state index is 12.4. The van der Waals surface area contributed by atoms with E-state index in [2.05, 4.69) is 29.6 Å². The van der Waals surface area contributed by atoms with Gasteiger partial charge in [-0.1, -0.05) is 54.6 Å². The normalized spacial score (nSPS) is 12.8. The molecule has 0 radical (unpaired) electrons. The lowest BCUT2D eigenvalue weighted by atomic mass is 10.1. The second kappa shape index (κ2) is 4.86. The van der Waals surface area contributed by atoms with Gasteiger partial charge in [0.05, 0.1) is 10.9 Å². The lowest BCUT2D eigenvalue weighted by Crippen LogP contribution is -2.27. The van der Waals surface area contributed by atoms with Crippen molar-refractivity contribution in [2.45, 2.75) is 6.04 Å². The van der Waals surface area contributed by atoms with Gasteiger partial charge in [-0.25, -0.2) is 0 Å². The van der Waals surface area contributed by atoms with Crippen molar-refractivity contribution in [2.24, 2.45) is 0 Å². The molecule has 2 aromatic carbocycles. The molecular formula is C18H13NOS. The average Bonchev–Trinajstić information content (AvgIpc) is 3.15. The maximum Gasteiger partial charge on any atom is 0.262 e. The van der Waals surface area contributed by atoms with E-state index in [1.165, 1.54) is 33.6 Å². The Balaban J connectivity index is 1.77. The summed E-state index contributed by atoms with van der Waals surface area (Å²) in [6, 6.07) is 20.2.